The molecular formula is C42H46O10. The summed E-state index contributed by atoms with van der Waals surface area (Å²) < 4.78 is 55.0. The van der Waals surface area contributed by atoms with Crippen LogP contribution in [-0.4, -0.2) is 42.6 Å². The highest BCUT2D eigenvalue weighted by Crippen LogP contribution is 2.49. The van der Waals surface area contributed by atoms with Crippen LogP contribution in [0.25, 0.3) is 32.9 Å². The van der Waals surface area contributed by atoms with Crippen LogP contribution in [0.15, 0.2) is 90.3 Å². The van der Waals surface area contributed by atoms with E-state index in [0.717, 1.165) is 58.7 Å². The lowest BCUT2D eigenvalue weighted by Crippen LogP contribution is -2.42. The Labute approximate surface area is 302 Å². The summed E-state index contributed by atoms with van der Waals surface area (Å²) in [5, 5.41) is 2.47. The van der Waals surface area contributed by atoms with Crippen molar-refractivity contribution in [2.45, 2.75) is 109 Å². The summed E-state index contributed by atoms with van der Waals surface area (Å²) in [4.78, 5) is 11.8. The predicted molar refractivity (Wildman–Crippen MR) is 196 cm³/mol. The van der Waals surface area contributed by atoms with Gasteiger partial charge in [-0.05, 0) is 104 Å². The van der Waals surface area contributed by atoms with Crippen LogP contribution in [0, 0.1) is 0 Å². The Bertz CT molecular complexity index is 2250. The van der Waals surface area contributed by atoms with Gasteiger partial charge in [0.05, 0.1) is 52.1 Å². The van der Waals surface area contributed by atoms with Crippen molar-refractivity contribution in [3.05, 3.63) is 88.2 Å². The molecule has 2 fully saturated rings. The molecule has 0 aliphatic carbocycles. The topological polar surface area (TPSA) is 115 Å². The van der Waals surface area contributed by atoms with Gasteiger partial charge in [-0.15, -0.1) is 0 Å². The number of hydrogen-bond donors (Lipinski definition) is 0. The molecule has 0 radical (unpaired) electrons. The van der Waals surface area contributed by atoms with Crippen LogP contribution >= 0.6 is 0 Å². The number of allylic oxidation sites excluding steroid dienone is 2. The first-order valence-corrected chi connectivity index (χ1v) is 18.2. The third kappa shape index (κ3) is 6.75. The maximum atomic E-state index is 11.8. The fourth-order valence-corrected chi connectivity index (χ4v) is 7.46. The molecule has 274 valence electrons. The summed E-state index contributed by atoms with van der Waals surface area (Å²) in [6.07, 6.45) is 12.3. The monoisotopic (exact) mass is 710 g/mol. The van der Waals surface area contributed by atoms with Gasteiger partial charge in [-0.2, -0.15) is 0 Å². The number of hydrogen-bond acceptors (Lipinski definition) is 10. The van der Waals surface area contributed by atoms with Crippen molar-refractivity contribution < 1.29 is 41.7 Å². The molecule has 3 aliphatic rings. The Hall–Kier alpha value is -4.51. The van der Waals surface area contributed by atoms with E-state index in [9.17, 15) is 4.79 Å². The zero-order valence-corrected chi connectivity index (χ0v) is 30.7. The normalized spacial score (nSPS) is 23.7. The number of epoxide rings is 1. The number of fused-ring (bicyclic) bond motifs is 4. The second-order valence-electron chi connectivity index (χ2n) is 15.3. The van der Waals surface area contributed by atoms with Gasteiger partial charge in [0.2, 0.25) is 0 Å². The molecule has 2 saturated heterocycles. The molecule has 1 spiro atoms. The van der Waals surface area contributed by atoms with Crippen LogP contribution < -0.4 is 19.8 Å². The van der Waals surface area contributed by atoms with Gasteiger partial charge in [-0.1, -0.05) is 11.1 Å². The molecular weight excluding hydrogens is 664 g/mol. The van der Waals surface area contributed by atoms with Crippen LogP contribution in [0.3, 0.4) is 0 Å². The highest BCUT2D eigenvalue weighted by Gasteiger charge is 2.55. The molecule has 0 saturated carbocycles. The number of benzene rings is 2. The highest BCUT2D eigenvalue weighted by molar-refractivity contribution is 6.01. The van der Waals surface area contributed by atoms with Gasteiger partial charge in [-0.25, -0.2) is 4.79 Å². The molecule has 52 heavy (non-hydrogen) atoms. The lowest BCUT2D eigenvalue weighted by molar-refractivity contribution is -0.312. The van der Waals surface area contributed by atoms with Crippen molar-refractivity contribution in [3.63, 3.8) is 0 Å². The van der Waals surface area contributed by atoms with Crippen molar-refractivity contribution >= 4 is 32.9 Å². The minimum absolute atomic E-state index is 0.00965. The molecule has 10 nitrogen and oxygen atoms in total. The molecule has 3 atom stereocenters. The first-order chi connectivity index (χ1) is 24.9. The van der Waals surface area contributed by atoms with Gasteiger partial charge in [-0.3, -0.25) is 0 Å². The van der Waals surface area contributed by atoms with Crippen molar-refractivity contribution in [2.24, 2.45) is 0 Å². The standard InChI is InChI=1S/C42H46O10/c1-25(7-10-35-40(3,4)50-35)15-20-47-39-28-13-18-42(49-34(28)24-32-30(39)17-22-45-32)51-36(41(5,6)52-42)11-8-26(2)14-19-46-38-27-9-12-37(43)48-33(27)23-31-29(38)16-21-44-31/h9,12,14-17,21-24,35-36H,7-8,10-11,13,18-20H2,1-6H3/b25-15+,26-14+. The van der Waals surface area contributed by atoms with Gasteiger partial charge in [0.15, 0.2) is 0 Å². The summed E-state index contributed by atoms with van der Waals surface area (Å²) in [5.41, 5.74) is 4.15. The van der Waals surface area contributed by atoms with Gasteiger partial charge in [0.25, 0.3) is 0 Å². The second-order valence-corrected chi connectivity index (χ2v) is 15.3. The summed E-state index contributed by atoms with van der Waals surface area (Å²) in [5.74, 6) is 0.857. The van der Waals surface area contributed by atoms with Crippen LogP contribution in [0.4, 0.5) is 0 Å². The van der Waals surface area contributed by atoms with E-state index in [2.05, 4.69) is 53.7 Å². The average Bonchev–Trinajstić information content (AvgIpc) is 3.49. The Kier molecular flexibility index (Phi) is 8.75. The van der Waals surface area contributed by atoms with Crippen molar-refractivity contribution in [1.82, 2.24) is 0 Å². The summed E-state index contributed by atoms with van der Waals surface area (Å²) in [6, 6.07) is 10.5. The van der Waals surface area contributed by atoms with E-state index in [-0.39, 0.29) is 11.7 Å². The zero-order valence-electron chi connectivity index (χ0n) is 30.7. The molecule has 5 aromatic rings. The molecule has 3 unspecified atom stereocenters. The van der Waals surface area contributed by atoms with E-state index in [1.807, 2.05) is 18.2 Å². The third-order valence-electron chi connectivity index (χ3n) is 10.6. The Balaban J connectivity index is 0.909. The Morgan fingerprint density at radius 1 is 0.769 bits per heavy atom. The molecule has 0 amide bonds. The second kappa shape index (κ2) is 13.2. The van der Waals surface area contributed by atoms with Crippen molar-refractivity contribution in [1.29, 1.82) is 0 Å². The van der Waals surface area contributed by atoms with Crippen LogP contribution in [0.2, 0.25) is 0 Å². The fraction of sp³-hybridized carbons (Fsp3) is 0.452. The summed E-state index contributed by atoms with van der Waals surface area (Å²) >= 11 is 0. The Morgan fingerprint density at radius 3 is 2.04 bits per heavy atom. The predicted octanol–water partition coefficient (Wildman–Crippen LogP) is 9.55. The SMILES string of the molecule is C/C(=C\COc1c2c(cc3occc13)OC1(CC2)OC(CC/C(C)=C/COc2c3ccoc3cc3oc(=O)ccc23)C(C)(C)O1)CCC1OC1(C)C. The smallest absolute Gasteiger partial charge is 0.336 e. The summed E-state index contributed by atoms with van der Waals surface area (Å²) in [6.45, 7) is 13.4. The van der Waals surface area contributed by atoms with Crippen LogP contribution in [-0.2, 0) is 20.6 Å². The minimum Gasteiger partial charge on any atom is -0.488 e. The van der Waals surface area contributed by atoms with E-state index in [4.69, 9.17) is 41.7 Å². The minimum atomic E-state index is -1.20. The first kappa shape index (κ1) is 34.6. The first-order valence-electron chi connectivity index (χ1n) is 18.2. The maximum absolute atomic E-state index is 11.8. The average molecular weight is 711 g/mol. The van der Waals surface area contributed by atoms with Gasteiger partial charge >= 0.3 is 11.6 Å². The number of furan rings is 2. The number of rotatable bonds is 12. The molecule has 10 heteroatoms. The van der Waals surface area contributed by atoms with Gasteiger partial charge in [0, 0.05) is 30.2 Å². The highest BCUT2D eigenvalue weighted by atomic mass is 16.9. The fourth-order valence-electron chi connectivity index (χ4n) is 7.46. The zero-order chi connectivity index (χ0) is 36.3. The van der Waals surface area contributed by atoms with E-state index in [0.29, 0.717) is 60.4 Å². The quantitative estimate of drug-likeness (QED) is 0.0704. The Morgan fingerprint density at radius 2 is 1.37 bits per heavy atom. The lowest BCUT2D eigenvalue weighted by Gasteiger charge is -2.34. The van der Waals surface area contributed by atoms with Gasteiger partial charge < -0.3 is 41.7 Å². The molecule has 2 aromatic carbocycles. The van der Waals surface area contributed by atoms with E-state index in [1.54, 1.807) is 24.7 Å². The molecule has 3 aromatic heterocycles. The van der Waals surface area contributed by atoms with E-state index >= 15 is 0 Å². The van der Waals surface area contributed by atoms with Crippen LogP contribution in [0.1, 0.15) is 79.2 Å². The van der Waals surface area contributed by atoms with Crippen molar-refractivity contribution in [2.75, 3.05) is 13.2 Å². The molecule has 0 bridgehead atoms. The molecule has 8 rings (SSSR count). The maximum Gasteiger partial charge on any atom is 0.336 e. The largest absolute Gasteiger partial charge is 0.488 e. The van der Waals surface area contributed by atoms with Crippen molar-refractivity contribution in [3.8, 4) is 17.2 Å². The molecule has 3 aliphatic heterocycles. The molecule has 6 heterocycles. The van der Waals surface area contributed by atoms with Crippen LogP contribution in [0.5, 0.6) is 17.2 Å². The lowest BCUT2D eigenvalue weighted by atomic mass is 9.96. The van der Waals surface area contributed by atoms with E-state index < -0.39 is 17.2 Å². The van der Waals surface area contributed by atoms with E-state index in [1.165, 1.54) is 11.6 Å². The molecule has 0 N–H and O–H groups in total. The summed E-state index contributed by atoms with van der Waals surface area (Å²) in [7, 11) is 0. The van der Waals surface area contributed by atoms with Gasteiger partial charge in [0.1, 0.15) is 47.2 Å². The third-order valence-corrected chi connectivity index (χ3v) is 10.6. The number of ether oxygens (including phenoxy) is 6.